The first-order valence-electron chi connectivity index (χ1n) is 5.07. The number of amidine groups is 1. The van der Waals surface area contributed by atoms with Crippen molar-refractivity contribution in [3.8, 4) is 0 Å². The van der Waals surface area contributed by atoms with Crippen LogP contribution in [0.3, 0.4) is 0 Å². The maximum absolute atomic E-state index is 11.5. The number of pyridine rings is 1. The number of nitrogens with two attached hydrogens (primary N) is 1. The topological polar surface area (TPSA) is 83.1 Å². The minimum atomic E-state index is -0.0303. The smallest absolute Gasteiger partial charge is 0.232 e. The van der Waals surface area contributed by atoms with Crippen LogP contribution in [0.1, 0.15) is 11.3 Å². The molecule has 0 aliphatic heterocycles. The molecule has 0 saturated heterocycles. The molecule has 0 unspecified atom stereocenters. The number of aromatic nitrogens is 1. The Hall–Kier alpha value is -1.56. The van der Waals surface area contributed by atoms with Crippen LogP contribution in [0.5, 0.6) is 0 Å². The second-order valence-electron chi connectivity index (χ2n) is 3.80. The highest BCUT2D eigenvalue weighted by molar-refractivity contribution is 8.00. The van der Waals surface area contributed by atoms with Gasteiger partial charge in [0.05, 0.1) is 5.75 Å². The summed E-state index contributed by atoms with van der Waals surface area (Å²) in [5.74, 6) is 0.272. The van der Waals surface area contributed by atoms with Gasteiger partial charge < -0.3 is 10.6 Å². The van der Waals surface area contributed by atoms with E-state index >= 15 is 0 Å². The van der Waals surface area contributed by atoms with E-state index in [0.29, 0.717) is 16.3 Å². The molecule has 0 saturated carbocycles. The van der Waals surface area contributed by atoms with E-state index in [4.69, 9.17) is 11.1 Å². The standard InChI is InChI=1S/C11H16N4OS/c1-7-4-5-8(10(12)13)11(14-7)17-6-9(16)15(2)3/h4-5H,6H2,1-3H3,(H3,12,13). The van der Waals surface area contributed by atoms with Crippen LogP contribution in [-0.4, -0.2) is 41.5 Å². The third kappa shape index (κ3) is 3.74. The minimum Gasteiger partial charge on any atom is -0.384 e. The molecule has 0 aliphatic rings. The highest BCUT2D eigenvalue weighted by Gasteiger charge is 2.11. The fourth-order valence-electron chi connectivity index (χ4n) is 1.11. The quantitative estimate of drug-likeness (QED) is 0.473. The molecular weight excluding hydrogens is 236 g/mol. The van der Waals surface area contributed by atoms with Crippen LogP contribution in [0.4, 0.5) is 0 Å². The van der Waals surface area contributed by atoms with Gasteiger partial charge >= 0.3 is 0 Å². The number of thioether (sulfide) groups is 1. The van der Waals surface area contributed by atoms with Gasteiger partial charge in [0.2, 0.25) is 5.91 Å². The van der Waals surface area contributed by atoms with Gasteiger partial charge in [-0.05, 0) is 19.1 Å². The van der Waals surface area contributed by atoms with E-state index in [2.05, 4.69) is 4.98 Å². The highest BCUT2D eigenvalue weighted by atomic mass is 32.2. The highest BCUT2D eigenvalue weighted by Crippen LogP contribution is 2.20. The average molecular weight is 252 g/mol. The van der Waals surface area contributed by atoms with Crippen molar-refractivity contribution in [1.82, 2.24) is 9.88 Å². The Morgan fingerprint density at radius 1 is 1.53 bits per heavy atom. The van der Waals surface area contributed by atoms with Crippen molar-refractivity contribution < 1.29 is 4.79 Å². The van der Waals surface area contributed by atoms with Gasteiger partial charge in [0, 0.05) is 25.4 Å². The molecule has 6 heteroatoms. The van der Waals surface area contributed by atoms with E-state index in [0.717, 1.165) is 5.69 Å². The number of nitrogens with zero attached hydrogens (tertiary/aromatic N) is 2. The lowest BCUT2D eigenvalue weighted by Crippen LogP contribution is -2.23. The van der Waals surface area contributed by atoms with Crippen LogP contribution in [0.2, 0.25) is 0 Å². The maximum atomic E-state index is 11.5. The lowest BCUT2D eigenvalue weighted by molar-refractivity contribution is -0.125. The number of carbonyl (C=O) groups is 1. The third-order valence-corrected chi connectivity index (χ3v) is 3.10. The lowest BCUT2D eigenvalue weighted by atomic mass is 10.2. The summed E-state index contributed by atoms with van der Waals surface area (Å²) in [5.41, 5.74) is 6.88. The number of rotatable bonds is 4. The number of nitrogen functional groups attached to an aromatic ring is 1. The predicted molar refractivity (Wildman–Crippen MR) is 69.4 cm³/mol. The number of hydrogen-bond donors (Lipinski definition) is 2. The summed E-state index contributed by atoms with van der Waals surface area (Å²) in [7, 11) is 3.41. The number of carbonyl (C=O) groups excluding carboxylic acids is 1. The van der Waals surface area contributed by atoms with E-state index in [1.54, 1.807) is 26.2 Å². The number of amides is 1. The van der Waals surface area contributed by atoms with Crippen LogP contribution in [0, 0.1) is 12.3 Å². The Morgan fingerprint density at radius 3 is 2.71 bits per heavy atom. The van der Waals surface area contributed by atoms with Crippen molar-refractivity contribution in [3.63, 3.8) is 0 Å². The molecule has 0 aliphatic carbocycles. The number of nitrogens with one attached hydrogen (secondary N) is 1. The lowest BCUT2D eigenvalue weighted by Gasteiger charge is -2.11. The first-order chi connectivity index (χ1) is 7.91. The molecule has 5 nitrogen and oxygen atoms in total. The zero-order valence-electron chi connectivity index (χ0n) is 10.2. The maximum Gasteiger partial charge on any atom is 0.232 e. The van der Waals surface area contributed by atoms with Crippen molar-refractivity contribution in [1.29, 1.82) is 5.41 Å². The van der Waals surface area contributed by atoms with E-state index in [-0.39, 0.29) is 11.7 Å². The van der Waals surface area contributed by atoms with Crippen LogP contribution in [0.15, 0.2) is 17.2 Å². The summed E-state index contributed by atoms with van der Waals surface area (Å²) in [6.07, 6.45) is 0. The van der Waals surface area contributed by atoms with Crippen molar-refractivity contribution in [3.05, 3.63) is 23.4 Å². The Bertz CT molecular complexity index is 445. The van der Waals surface area contributed by atoms with Gasteiger partial charge in [0.25, 0.3) is 0 Å². The SMILES string of the molecule is Cc1ccc(C(=N)N)c(SCC(=O)N(C)C)n1. The molecular formula is C11H16N4OS. The van der Waals surface area contributed by atoms with Gasteiger partial charge in [-0.2, -0.15) is 0 Å². The predicted octanol–water partition coefficient (Wildman–Crippen LogP) is 0.854. The van der Waals surface area contributed by atoms with Crippen molar-refractivity contribution >= 4 is 23.5 Å². The molecule has 0 radical (unpaired) electrons. The summed E-state index contributed by atoms with van der Waals surface area (Å²) in [6.45, 7) is 1.86. The van der Waals surface area contributed by atoms with Crippen LogP contribution in [0.25, 0.3) is 0 Å². The molecule has 3 N–H and O–H groups in total. The van der Waals surface area contributed by atoms with Crippen molar-refractivity contribution in [2.45, 2.75) is 11.9 Å². The summed E-state index contributed by atoms with van der Waals surface area (Å²) in [5, 5.41) is 8.08. The Balaban J connectivity index is 2.86. The van der Waals surface area contributed by atoms with Crippen LogP contribution in [-0.2, 0) is 4.79 Å². The molecule has 0 bridgehead atoms. The number of hydrogen-bond acceptors (Lipinski definition) is 4. The fraction of sp³-hybridized carbons (Fsp3) is 0.364. The zero-order chi connectivity index (χ0) is 13.0. The van der Waals surface area contributed by atoms with Gasteiger partial charge in [0.1, 0.15) is 10.9 Å². The minimum absolute atomic E-state index is 0.00723. The average Bonchev–Trinajstić information content (AvgIpc) is 2.25. The monoisotopic (exact) mass is 252 g/mol. The van der Waals surface area contributed by atoms with Gasteiger partial charge in [-0.15, -0.1) is 0 Å². The summed E-state index contributed by atoms with van der Waals surface area (Å²) < 4.78 is 0. The molecule has 0 aromatic carbocycles. The molecule has 0 spiro atoms. The normalized spacial score (nSPS) is 10.1. The molecule has 0 fully saturated rings. The van der Waals surface area contributed by atoms with Gasteiger partial charge in [-0.25, -0.2) is 4.98 Å². The van der Waals surface area contributed by atoms with Gasteiger partial charge in [-0.1, -0.05) is 11.8 Å². The molecule has 17 heavy (non-hydrogen) atoms. The van der Waals surface area contributed by atoms with E-state index in [9.17, 15) is 4.79 Å². The zero-order valence-corrected chi connectivity index (χ0v) is 11.0. The third-order valence-electron chi connectivity index (χ3n) is 2.12. The Morgan fingerprint density at radius 2 is 2.18 bits per heavy atom. The van der Waals surface area contributed by atoms with Gasteiger partial charge in [-0.3, -0.25) is 10.2 Å². The first-order valence-corrected chi connectivity index (χ1v) is 6.05. The summed E-state index contributed by atoms with van der Waals surface area (Å²) in [6, 6.07) is 3.56. The van der Waals surface area contributed by atoms with Gasteiger partial charge in [0.15, 0.2) is 0 Å². The Labute approximate surface area is 105 Å². The molecule has 1 rings (SSSR count). The Kier molecular flexibility index (Phi) is 4.51. The van der Waals surface area contributed by atoms with Crippen molar-refractivity contribution in [2.75, 3.05) is 19.8 Å². The largest absolute Gasteiger partial charge is 0.384 e. The van der Waals surface area contributed by atoms with Crippen LogP contribution < -0.4 is 5.73 Å². The molecule has 1 aromatic heterocycles. The van der Waals surface area contributed by atoms with Crippen molar-refractivity contribution in [2.24, 2.45) is 5.73 Å². The molecule has 1 amide bonds. The van der Waals surface area contributed by atoms with Crippen LogP contribution >= 0.6 is 11.8 Å². The molecule has 1 aromatic rings. The van der Waals surface area contributed by atoms with E-state index in [1.165, 1.54) is 16.7 Å². The summed E-state index contributed by atoms with van der Waals surface area (Å²) >= 11 is 1.30. The van der Waals surface area contributed by atoms with E-state index < -0.39 is 0 Å². The second kappa shape index (κ2) is 5.67. The summed E-state index contributed by atoms with van der Waals surface area (Å²) in [4.78, 5) is 17.3. The van der Waals surface area contributed by atoms with E-state index in [1.807, 2.05) is 6.92 Å². The molecule has 92 valence electrons. The molecule has 0 atom stereocenters. The second-order valence-corrected chi connectivity index (χ2v) is 4.76. The number of aryl methyl sites for hydroxylation is 1. The molecule has 1 heterocycles. The fourth-order valence-corrected chi connectivity index (χ4v) is 2.17. The first kappa shape index (κ1) is 13.5.